The molecule has 3 aromatic rings. The molecule has 0 saturated carbocycles. The lowest BCUT2D eigenvalue weighted by Crippen LogP contribution is -2.28. The Kier molecular flexibility index (Phi) is 5.41. The Labute approximate surface area is 174 Å². The minimum atomic E-state index is -0.149. The molecule has 1 saturated heterocycles. The second-order valence-electron chi connectivity index (χ2n) is 7.22. The van der Waals surface area contributed by atoms with Crippen LogP contribution < -0.4 is 10.2 Å². The summed E-state index contributed by atoms with van der Waals surface area (Å²) in [6.45, 7) is 4.08. The number of anilines is 2. The van der Waals surface area contributed by atoms with Gasteiger partial charge in [0, 0.05) is 16.9 Å². The Morgan fingerprint density at radius 1 is 0.966 bits per heavy atom. The van der Waals surface area contributed by atoms with Gasteiger partial charge in [-0.3, -0.25) is 14.5 Å². The summed E-state index contributed by atoms with van der Waals surface area (Å²) < 4.78 is 0. The molecule has 1 aliphatic rings. The molecule has 0 aromatic heterocycles. The van der Waals surface area contributed by atoms with Crippen molar-refractivity contribution in [1.82, 2.24) is 0 Å². The quantitative estimate of drug-likeness (QED) is 0.641. The molecule has 29 heavy (non-hydrogen) atoms. The second-order valence-corrected chi connectivity index (χ2v) is 8.29. The predicted octanol–water partition coefficient (Wildman–Crippen LogP) is 5.33. The van der Waals surface area contributed by atoms with E-state index in [1.165, 1.54) is 0 Å². The molecule has 4 rings (SSSR count). The molecular formula is C24H22N2O2S. The first-order valence-electron chi connectivity index (χ1n) is 9.49. The molecule has 1 heterocycles. The van der Waals surface area contributed by atoms with Crippen molar-refractivity contribution in [2.45, 2.75) is 19.2 Å². The lowest BCUT2D eigenvalue weighted by molar-refractivity contribution is -0.115. The van der Waals surface area contributed by atoms with Crippen LogP contribution in [-0.2, 0) is 4.79 Å². The predicted molar refractivity (Wildman–Crippen MR) is 119 cm³/mol. The Balaban J connectivity index is 1.61. The van der Waals surface area contributed by atoms with Gasteiger partial charge in [-0.1, -0.05) is 36.4 Å². The highest BCUT2D eigenvalue weighted by Crippen LogP contribution is 2.42. The van der Waals surface area contributed by atoms with Crippen molar-refractivity contribution in [3.05, 3.63) is 95.1 Å². The molecule has 0 spiro atoms. The van der Waals surface area contributed by atoms with Gasteiger partial charge in [0.25, 0.3) is 5.91 Å². The molecule has 1 fully saturated rings. The zero-order chi connectivity index (χ0) is 20.4. The van der Waals surface area contributed by atoms with Crippen LogP contribution in [0.2, 0.25) is 0 Å². The van der Waals surface area contributed by atoms with E-state index in [1.54, 1.807) is 23.9 Å². The Morgan fingerprint density at radius 2 is 1.69 bits per heavy atom. The fraction of sp³-hybridized carbons (Fsp3) is 0.167. The number of hydrogen-bond donors (Lipinski definition) is 1. The number of carbonyl (C=O) groups excluding carboxylic acids is 2. The minimum absolute atomic E-state index is 0.101. The number of nitrogens with one attached hydrogen (secondary N) is 1. The number of nitrogens with zero attached hydrogens (tertiary/aromatic N) is 1. The average molecular weight is 403 g/mol. The van der Waals surface area contributed by atoms with Gasteiger partial charge in [-0.05, 0) is 66.9 Å². The Morgan fingerprint density at radius 3 is 2.41 bits per heavy atom. The molecule has 146 valence electrons. The van der Waals surface area contributed by atoms with Gasteiger partial charge in [-0.15, -0.1) is 11.8 Å². The number of rotatable bonds is 4. The smallest absolute Gasteiger partial charge is 0.255 e. The monoisotopic (exact) mass is 402 g/mol. The van der Waals surface area contributed by atoms with Gasteiger partial charge in [-0.25, -0.2) is 0 Å². The average Bonchev–Trinajstić information content (AvgIpc) is 3.09. The topological polar surface area (TPSA) is 49.4 Å². The van der Waals surface area contributed by atoms with E-state index in [2.05, 4.69) is 11.4 Å². The standard InChI is InChI=1S/C24H22N2O2S/c1-16-11-17(2)13-21(12-16)26-22(27)15-29-24(26)19-9-6-10-20(14-19)25-23(28)18-7-4-3-5-8-18/h3-14,24H,15H2,1-2H3,(H,25,28). The molecule has 1 N–H and O–H groups in total. The van der Waals surface area contributed by atoms with Crippen LogP contribution in [0.4, 0.5) is 11.4 Å². The number of hydrogen-bond acceptors (Lipinski definition) is 3. The van der Waals surface area contributed by atoms with E-state index < -0.39 is 0 Å². The maximum absolute atomic E-state index is 12.7. The van der Waals surface area contributed by atoms with Crippen molar-refractivity contribution in [3.63, 3.8) is 0 Å². The first-order valence-corrected chi connectivity index (χ1v) is 10.5. The lowest BCUT2D eigenvalue weighted by Gasteiger charge is -2.25. The van der Waals surface area contributed by atoms with Gasteiger partial charge in [0.05, 0.1) is 5.75 Å². The SMILES string of the molecule is Cc1cc(C)cc(N2C(=O)CSC2c2cccc(NC(=O)c3ccccc3)c2)c1. The Hall–Kier alpha value is -3.05. The summed E-state index contributed by atoms with van der Waals surface area (Å²) in [7, 11) is 0. The van der Waals surface area contributed by atoms with Crippen LogP contribution in [0.1, 0.15) is 32.4 Å². The van der Waals surface area contributed by atoms with Crippen LogP contribution >= 0.6 is 11.8 Å². The molecule has 0 radical (unpaired) electrons. The van der Waals surface area contributed by atoms with Gasteiger partial charge in [-0.2, -0.15) is 0 Å². The molecule has 4 nitrogen and oxygen atoms in total. The lowest BCUT2D eigenvalue weighted by atomic mass is 10.1. The molecule has 3 aromatic carbocycles. The van der Waals surface area contributed by atoms with Gasteiger partial charge < -0.3 is 5.32 Å². The second kappa shape index (κ2) is 8.13. The highest BCUT2D eigenvalue weighted by atomic mass is 32.2. The summed E-state index contributed by atoms with van der Waals surface area (Å²) in [6.07, 6.45) is 0. The van der Waals surface area contributed by atoms with Crippen molar-refractivity contribution in [3.8, 4) is 0 Å². The highest BCUT2D eigenvalue weighted by molar-refractivity contribution is 8.00. The molecule has 1 unspecified atom stereocenters. The van der Waals surface area contributed by atoms with Crippen LogP contribution in [0.25, 0.3) is 0 Å². The van der Waals surface area contributed by atoms with Crippen molar-refractivity contribution < 1.29 is 9.59 Å². The summed E-state index contributed by atoms with van der Waals surface area (Å²) in [5.74, 6) is 0.394. The van der Waals surface area contributed by atoms with Gasteiger partial charge in [0.1, 0.15) is 5.37 Å². The molecular weight excluding hydrogens is 380 g/mol. The van der Waals surface area contributed by atoms with Crippen LogP contribution in [-0.4, -0.2) is 17.6 Å². The zero-order valence-corrected chi connectivity index (χ0v) is 17.2. The number of benzene rings is 3. The summed E-state index contributed by atoms with van der Waals surface area (Å²) >= 11 is 1.61. The third-order valence-electron chi connectivity index (χ3n) is 4.82. The zero-order valence-electron chi connectivity index (χ0n) is 16.4. The molecule has 0 aliphatic carbocycles. The number of thioether (sulfide) groups is 1. The minimum Gasteiger partial charge on any atom is -0.322 e. The summed E-state index contributed by atoms with van der Waals surface area (Å²) in [4.78, 5) is 27.0. The third-order valence-corrected chi connectivity index (χ3v) is 6.03. The number of aryl methyl sites for hydroxylation is 2. The maximum atomic E-state index is 12.7. The maximum Gasteiger partial charge on any atom is 0.255 e. The van der Waals surface area contributed by atoms with Gasteiger partial charge in [0.15, 0.2) is 0 Å². The van der Waals surface area contributed by atoms with E-state index in [9.17, 15) is 9.59 Å². The molecule has 2 amide bonds. The highest BCUT2D eigenvalue weighted by Gasteiger charge is 2.34. The van der Waals surface area contributed by atoms with Crippen LogP contribution in [0, 0.1) is 13.8 Å². The van der Waals surface area contributed by atoms with Gasteiger partial charge >= 0.3 is 0 Å². The van der Waals surface area contributed by atoms with Crippen molar-refractivity contribution in [2.75, 3.05) is 16.0 Å². The normalized spacial score (nSPS) is 16.1. The first kappa shape index (κ1) is 19.3. The van der Waals surface area contributed by atoms with E-state index >= 15 is 0 Å². The Bertz CT molecular complexity index is 1050. The summed E-state index contributed by atoms with van der Waals surface area (Å²) in [5, 5.41) is 2.84. The van der Waals surface area contributed by atoms with Crippen molar-refractivity contribution in [2.24, 2.45) is 0 Å². The van der Waals surface area contributed by atoms with Crippen molar-refractivity contribution >= 4 is 35.0 Å². The van der Waals surface area contributed by atoms with E-state index in [1.807, 2.05) is 73.3 Å². The van der Waals surface area contributed by atoms with Crippen LogP contribution in [0.15, 0.2) is 72.8 Å². The third kappa shape index (κ3) is 4.20. The molecule has 0 bridgehead atoms. The largest absolute Gasteiger partial charge is 0.322 e. The van der Waals surface area contributed by atoms with E-state index in [-0.39, 0.29) is 17.2 Å². The summed E-state index contributed by atoms with van der Waals surface area (Å²) in [6, 6.07) is 23.1. The number of carbonyl (C=O) groups is 2. The van der Waals surface area contributed by atoms with E-state index in [0.29, 0.717) is 11.3 Å². The fourth-order valence-electron chi connectivity index (χ4n) is 3.60. The first-order chi connectivity index (χ1) is 14.0. The van der Waals surface area contributed by atoms with Crippen LogP contribution in [0.3, 0.4) is 0 Å². The van der Waals surface area contributed by atoms with E-state index in [0.717, 1.165) is 28.1 Å². The van der Waals surface area contributed by atoms with Gasteiger partial charge in [0.2, 0.25) is 5.91 Å². The fourth-order valence-corrected chi connectivity index (χ4v) is 4.77. The molecule has 1 atom stereocenters. The molecule has 1 aliphatic heterocycles. The molecule has 5 heteroatoms. The van der Waals surface area contributed by atoms with Crippen LogP contribution in [0.5, 0.6) is 0 Å². The summed E-state index contributed by atoms with van der Waals surface area (Å²) in [5.41, 5.74) is 5.50. The van der Waals surface area contributed by atoms with E-state index in [4.69, 9.17) is 0 Å². The van der Waals surface area contributed by atoms with Crippen molar-refractivity contribution in [1.29, 1.82) is 0 Å². The number of amides is 2.